The summed E-state index contributed by atoms with van der Waals surface area (Å²) in [7, 11) is 0. The number of guanidine groups is 1. The van der Waals surface area contributed by atoms with Crippen molar-refractivity contribution in [2.75, 3.05) is 52.6 Å². The minimum atomic E-state index is -0.157. The van der Waals surface area contributed by atoms with E-state index in [2.05, 4.69) is 29.1 Å². The SMILES string of the molecule is CCCCOCCOCCN=C(NCC)N1CCC(O)CC1.I. The van der Waals surface area contributed by atoms with E-state index < -0.39 is 0 Å². The minimum Gasteiger partial charge on any atom is -0.393 e. The van der Waals surface area contributed by atoms with Crippen LogP contribution in [0.2, 0.25) is 0 Å². The molecular weight excluding hydrogens is 409 g/mol. The average Bonchev–Trinajstić information content (AvgIpc) is 2.53. The van der Waals surface area contributed by atoms with Gasteiger partial charge in [-0.3, -0.25) is 4.99 Å². The molecule has 6 nitrogen and oxygen atoms in total. The third kappa shape index (κ3) is 11.1. The first-order chi connectivity index (χ1) is 10.8. The van der Waals surface area contributed by atoms with Crippen LogP contribution in [0, 0.1) is 0 Å². The molecule has 0 amide bonds. The highest BCUT2D eigenvalue weighted by Crippen LogP contribution is 2.09. The zero-order chi connectivity index (χ0) is 16.0. The van der Waals surface area contributed by atoms with Gasteiger partial charge in [-0.15, -0.1) is 24.0 Å². The van der Waals surface area contributed by atoms with E-state index in [1.807, 2.05) is 0 Å². The van der Waals surface area contributed by atoms with Crippen LogP contribution in [0.4, 0.5) is 0 Å². The number of nitrogens with one attached hydrogen (secondary N) is 1. The van der Waals surface area contributed by atoms with Gasteiger partial charge < -0.3 is 24.8 Å². The lowest BCUT2D eigenvalue weighted by molar-refractivity contribution is 0.0496. The highest BCUT2D eigenvalue weighted by molar-refractivity contribution is 14.0. The summed E-state index contributed by atoms with van der Waals surface area (Å²) in [6.07, 6.45) is 3.75. The first-order valence-corrected chi connectivity index (χ1v) is 8.64. The Hall–Kier alpha value is -0.120. The zero-order valence-electron chi connectivity index (χ0n) is 14.6. The van der Waals surface area contributed by atoms with Crippen molar-refractivity contribution >= 4 is 29.9 Å². The molecule has 138 valence electrons. The lowest BCUT2D eigenvalue weighted by Gasteiger charge is -2.32. The third-order valence-corrected chi connectivity index (χ3v) is 3.61. The maximum Gasteiger partial charge on any atom is 0.193 e. The lowest BCUT2D eigenvalue weighted by Crippen LogP contribution is -2.46. The summed E-state index contributed by atoms with van der Waals surface area (Å²) in [4.78, 5) is 6.81. The second-order valence-electron chi connectivity index (χ2n) is 5.53. The van der Waals surface area contributed by atoms with Crippen molar-refractivity contribution in [3.63, 3.8) is 0 Å². The van der Waals surface area contributed by atoms with Gasteiger partial charge in [0.2, 0.25) is 0 Å². The molecule has 0 aliphatic carbocycles. The molecule has 0 bridgehead atoms. The van der Waals surface area contributed by atoms with Crippen molar-refractivity contribution in [3.8, 4) is 0 Å². The number of aliphatic hydroxyl groups excluding tert-OH is 1. The number of piperidine rings is 1. The standard InChI is InChI=1S/C16H33N3O3.HI/c1-3-5-11-21-13-14-22-12-8-18-16(17-4-2)19-9-6-15(20)7-10-19;/h15,20H,3-14H2,1-2H3,(H,17,18);1H. The molecule has 0 aromatic heterocycles. The molecule has 0 saturated carbocycles. The summed E-state index contributed by atoms with van der Waals surface area (Å²) in [5, 5.41) is 12.9. The fourth-order valence-corrected chi connectivity index (χ4v) is 2.29. The van der Waals surface area contributed by atoms with Gasteiger partial charge in [-0.25, -0.2) is 0 Å². The van der Waals surface area contributed by atoms with Crippen LogP contribution in [-0.2, 0) is 9.47 Å². The molecule has 1 saturated heterocycles. The molecule has 23 heavy (non-hydrogen) atoms. The molecule has 1 aliphatic rings. The highest BCUT2D eigenvalue weighted by atomic mass is 127. The van der Waals surface area contributed by atoms with Gasteiger partial charge in [0, 0.05) is 26.2 Å². The quantitative estimate of drug-likeness (QED) is 0.234. The topological polar surface area (TPSA) is 66.3 Å². The molecule has 2 N–H and O–H groups in total. The summed E-state index contributed by atoms with van der Waals surface area (Å²) in [6, 6.07) is 0. The Morgan fingerprint density at radius 2 is 1.78 bits per heavy atom. The molecule has 0 radical (unpaired) electrons. The zero-order valence-corrected chi connectivity index (χ0v) is 17.0. The Kier molecular flexibility index (Phi) is 15.3. The normalized spacial score (nSPS) is 16.3. The van der Waals surface area contributed by atoms with Gasteiger partial charge in [-0.1, -0.05) is 13.3 Å². The van der Waals surface area contributed by atoms with Crippen molar-refractivity contribution in [3.05, 3.63) is 0 Å². The van der Waals surface area contributed by atoms with Gasteiger partial charge in [0.15, 0.2) is 5.96 Å². The van der Waals surface area contributed by atoms with Crippen LogP contribution in [0.25, 0.3) is 0 Å². The first-order valence-electron chi connectivity index (χ1n) is 8.64. The molecule has 1 heterocycles. The van der Waals surface area contributed by atoms with Gasteiger partial charge in [0.05, 0.1) is 32.5 Å². The van der Waals surface area contributed by atoms with E-state index in [9.17, 15) is 5.11 Å². The maximum atomic E-state index is 9.57. The van der Waals surface area contributed by atoms with Crippen LogP contribution in [0.5, 0.6) is 0 Å². The fourth-order valence-electron chi connectivity index (χ4n) is 2.29. The molecule has 1 rings (SSSR count). The van der Waals surface area contributed by atoms with E-state index in [1.165, 1.54) is 0 Å². The van der Waals surface area contributed by atoms with Crippen molar-refractivity contribution in [1.29, 1.82) is 0 Å². The van der Waals surface area contributed by atoms with Crippen molar-refractivity contribution in [1.82, 2.24) is 10.2 Å². The summed E-state index contributed by atoms with van der Waals surface area (Å²) in [5.41, 5.74) is 0. The number of hydrogen-bond donors (Lipinski definition) is 2. The number of unbranched alkanes of at least 4 members (excludes halogenated alkanes) is 1. The average molecular weight is 443 g/mol. The molecule has 0 unspecified atom stereocenters. The Balaban J connectivity index is 0.00000484. The molecule has 0 atom stereocenters. The molecule has 0 aromatic rings. The van der Waals surface area contributed by atoms with Gasteiger partial charge in [0.1, 0.15) is 0 Å². The number of halogens is 1. The lowest BCUT2D eigenvalue weighted by atomic mass is 10.1. The number of aliphatic hydroxyl groups is 1. The van der Waals surface area contributed by atoms with Crippen LogP contribution in [-0.4, -0.2) is 74.7 Å². The number of rotatable bonds is 10. The highest BCUT2D eigenvalue weighted by Gasteiger charge is 2.19. The second-order valence-corrected chi connectivity index (χ2v) is 5.53. The Bertz CT molecular complexity index is 298. The van der Waals surface area contributed by atoms with E-state index in [-0.39, 0.29) is 30.1 Å². The van der Waals surface area contributed by atoms with Gasteiger partial charge in [-0.2, -0.15) is 0 Å². The Morgan fingerprint density at radius 1 is 1.13 bits per heavy atom. The Morgan fingerprint density at radius 3 is 2.39 bits per heavy atom. The number of aliphatic imine (C=N–C) groups is 1. The minimum absolute atomic E-state index is 0. The van der Waals surface area contributed by atoms with Crippen molar-refractivity contribution < 1.29 is 14.6 Å². The molecule has 7 heteroatoms. The summed E-state index contributed by atoms with van der Waals surface area (Å²) in [6.45, 7) is 10.2. The third-order valence-electron chi connectivity index (χ3n) is 3.61. The monoisotopic (exact) mass is 443 g/mol. The largest absolute Gasteiger partial charge is 0.393 e. The van der Waals surface area contributed by atoms with Gasteiger partial charge in [-0.05, 0) is 26.2 Å². The fraction of sp³-hybridized carbons (Fsp3) is 0.938. The van der Waals surface area contributed by atoms with Gasteiger partial charge >= 0.3 is 0 Å². The number of nitrogens with zero attached hydrogens (tertiary/aromatic N) is 2. The van der Waals surface area contributed by atoms with Crippen molar-refractivity contribution in [2.24, 2.45) is 4.99 Å². The maximum absolute atomic E-state index is 9.57. The van der Waals surface area contributed by atoms with E-state index in [1.54, 1.807) is 0 Å². The summed E-state index contributed by atoms with van der Waals surface area (Å²) < 4.78 is 11.0. The molecular formula is C16H34IN3O3. The van der Waals surface area contributed by atoms with E-state index >= 15 is 0 Å². The molecule has 0 aromatic carbocycles. The van der Waals surface area contributed by atoms with Crippen molar-refractivity contribution in [2.45, 2.75) is 45.6 Å². The van der Waals surface area contributed by atoms with Crippen LogP contribution in [0.3, 0.4) is 0 Å². The van der Waals surface area contributed by atoms with Crippen LogP contribution in [0.15, 0.2) is 4.99 Å². The van der Waals surface area contributed by atoms with Crippen LogP contribution >= 0.6 is 24.0 Å². The smallest absolute Gasteiger partial charge is 0.193 e. The van der Waals surface area contributed by atoms with Crippen LogP contribution < -0.4 is 5.32 Å². The van der Waals surface area contributed by atoms with E-state index in [0.717, 1.165) is 57.9 Å². The summed E-state index contributed by atoms with van der Waals surface area (Å²) >= 11 is 0. The number of likely N-dealkylation sites (tertiary alicyclic amines) is 1. The molecule has 1 fully saturated rings. The first kappa shape index (κ1) is 22.9. The molecule has 0 spiro atoms. The summed E-state index contributed by atoms with van der Waals surface area (Å²) in [5.74, 6) is 0.928. The second kappa shape index (κ2) is 15.4. The number of hydrogen-bond acceptors (Lipinski definition) is 4. The van der Waals surface area contributed by atoms with E-state index in [4.69, 9.17) is 9.47 Å². The molecule has 1 aliphatic heterocycles. The van der Waals surface area contributed by atoms with Crippen LogP contribution in [0.1, 0.15) is 39.5 Å². The number of ether oxygens (including phenoxy) is 2. The predicted molar refractivity (Wildman–Crippen MR) is 105 cm³/mol. The van der Waals surface area contributed by atoms with E-state index in [0.29, 0.717) is 26.4 Å². The predicted octanol–water partition coefficient (Wildman–Crippen LogP) is 1.86. The van der Waals surface area contributed by atoms with Gasteiger partial charge in [0.25, 0.3) is 0 Å². The Labute approximate surface area is 158 Å².